The predicted octanol–water partition coefficient (Wildman–Crippen LogP) is 2.72. The fraction of sp³-hybridized carbons (Fsp3) is 0.231. The highest BCUT2D eigenvalue weighted by molar-refractivity contribution is 7.94. The molecule has 6 heteroatoms. The molecule has 0 spiro atoms. The first kappa shape index (κ1) is 12.5. The Morgan fingerprint density at radius 3 is 2.79 bits per heavy atom. The van der Waals surface area contributed by atoms with Crippen LogP contribution in [0.3, 0.4) is 0 Å². The third-order valence-electron chi connectivity index (χ3n) is 2.92. The molecule has 0 radical (unpaired) electrons. The van der Waals surface area contributed by atoms with Crippen molar-refractivity contribution >= 4 is 27.0 Å². The molecule has 1 aliphatic heterocycles. The Labute approximate surface area is 116 Å². The summed E-state index contributed by atoms with van der Waals surface area (Å²) in [5.74, 6) is 0.612. The average molecular weight is 295 g/mol. The van der Waals surface area contributed by atoms with Crippen LogP contribution in [-0.2, 0) is 10.0 Å². The molecule has 100 valence electrons. The van der Waals surface area contributed by atoms with Crippen LogP contribution in [0.2, 0.25) is 0 Å². The van der Waals surface area contributed by atoms with Crippen LogP contribution in [-0.4, -0.2) is 21.1 Å². The zero-order chi connectivity index (χ0) is 13.5. The molecular formula is C13H13NO3S2. The first-order chi connectivity index (χ1) is 9.09. The van der Waals surface area contributed by atoms with Crippen LogP contribution in [0.1, 0.15) is 6.92 Å². The van der Waals surface area contributed by atoms with Gasteiger partial charge in [-0.2, -0.15) is 0 Å². The zero-order valence-corrected chi connectivity index (χ0v) is 11.9. The third-order valence-corrected chi connectivity index (χ3v) is 6.08. The molecule has 0 aliphatic carbocycles. The summed E-state index contributed by atoms with van der Waals surface area (Å²) in [7, 11) is -3.49. The second-order valence-corrected chi connectivity index (χ2v) is 7.40. The van der Waals surface area contributed by atoms with Crippen LogP contribution < -0.4 is 9.04 Å². The summed E-state index contributed by atoms with van der Waals surface area (Å²) in [6.07, 6.45) is -0.162. The van der Waals surface area contributed by atoms with Crippen molar-refractivity contribution in [3.63, 3.8) is 0 Å². The van der Waals surface area contributed by atoms with Crippen LogP contribution >= 0.6 is 11.3 Å². The summed E-state index contributed by atoms with van der Waals surface area (Å²) in [6.45, 7) is 2.20. The molecule has 1 atom stereocenters. The molecule has 0 amide bonds. The van der Waals surface area contributed by atoms with Gasteiger partial charge in [0.25, 0.3) is 10.0 Å². The van der Waals surface area contributed by atoms with Crippen molar-refractivity contribution in [3.05, 3.63) is 41.8 Å². The Kier molecular flexibility index (Phi) is 2.99. The Bertz CT molecular complexity index is 680. The summed E-state index contributed by atoms with van der Waals surface area (Å²) in [5.41, 5.74) is 0.606. The molecule has 1 unspecified atom stereocenters. The monoisotopic (exact) mass is 295 g/mol. The van der Waals surface area contributed by atoms with Crippen molar-refractivity contribution in [3.8, 4) is 5.75 Å². The number of thiophene rings is 1. The lowest BCUT2D eigenvalue weighted by Crippen LogP contribution is -2.41. The number of ether oxygens (including phenoxy) is 1. The Morgan fingerprint density at radius 1 is 1.26 bits per heavy atom. The molecule has 1 aromatic heterocycles. The molecule has 3 rings (SSSR count). The van der Waals surface area contributed by atoms with Crippen molar-refractivity contribution in [1.82, 2.24) is 0 Å². The second kappa shape index (κ2) is 4.54. The lowest BCUT2D eigenvalue weighted by Gasteiger charge is -2.33. The van der Waals surface area contributed by atoms with Gasteiger partial charge in [0.2, 0.25) is 0 Å². The lowest BCUT2D eigenvalue weighted by atomic mass is 10.2. The van der Waals surface area contributed by atoms with Gasteiger partial charge in [0.05, 0.1) is 12.2 Å². The minimum atomic E-state index is -3.49. The van der Waals surface area contributed by atoms with E-state index in [4.69, 9.17) is 4.74 Å². The molecule has 19 heavy (non-hydrogen) atoms. The second-order valence-electron chi connectivity index (χ2n) is 4.36. The minimum absolute atomic E-state index is 0.162. The van der Waals surface area contributed by atoms with Crippen LogP contribution in [0.25, 0.3) is 0 Å². The fourth-order valence-corrected chi connectivity index (χ4v) is 4.75. The Balaban J connectivity index is 2.11. The van der Waals surface area contributed by atoms with Gasteiger partial charge in [-0.05, 0) is 30.5 Å². The maximum Gasteiger partial charge on any atom is 0.274 e. The van der Waals surface area contributed by atoms with E-state index >= 15 is 0 Å². The van der Waals surface area contributed by atoms with Crippen LogP contribution in [0.4, 0.5) is 5.69 Å². The first-order valence-corrected chi connectivity index (χ1v) is 8.23. The summed E-state index contributed by atoms with van der Waals surface area (Å²) in [4.78, 5) is 0. The Hall–Kier alpha value is -1.53. The molecule has 0 N–H and O–H groups in total. The molecule has 0 fully saturated rings. The summed E-state index contributed by atoms with van der Waals surface area (Å²) < 4.78 is 32.7. The van der Waals surface area contributed by atoms with Crippen LogP contribution in [0.5, 0.6) is 5.75 Å². The van der Waals surface area contributed by atoms with Gasteiger partial charge < -0.3 is 4.74 Å². The minimum Gasteiger partial charge on any atom is -0.487 e. The van der Waals surface area contributed by atoms with E-state index in [0.29, 0.717) is 22.2 Å². The quantitative estimate of drug-likeness (QED) is 0.856. The van der Waals surface area contributed by atoms with E-state index in [-0.39, 0.29) is 6.10 Å². The van der Waals surface area contributed by atoms with Gasteiger partial charge >= 0.3 is 0 Å². The SMILES string of the molecule is CC1CN(S(=O)(=O)c2cccs2)c2ccccc2O1. The van der Waals surface area contributed by atoms with E-state index in [1.165, 1.54) is 15.6 Å². The molecule has 1 aromatic carbocycles. The predicted molar refractivity (Wildman–Crippen MR) is 75.4 cm³/mol. The van der Waals surface area contributed by atoms with E-state index in [9.17, 15) is 8.42 Å². The number of hydrogen-bond acceptors (Lipinski definition) is 4. The molecule has 0 bridgehead atoms. The Morgan fingerprint density at radius 2 is 2.05 bits per heavy atom. The molecule has 2 aromatic rings. The molecule has 1 aliphatic rings. The van der Waals surface area contributed by atoms with Crippen molar-refractivity contribution in [2.45, 2.75) is 17.2 Å². The summed E-state index contributed by atoms with van der Waals surface area (Å²) in [6, 6.07) is 10.6. The zero-order valence-electron chi connectivity index (χ0n) is 10.3. The number of para-hydroxylation sites is 2. The van der Waals surface area contributed by atoms with E-state index in [1.807, 2.05) is 19.1 Å². The smallest absolute Gasteiger partial charge is 0.274 e. The molecular weight excluding hydrogens is 282 g/mol. The number of anilines is 1. The third kappa shape index (κ3) is 2.11. The maximum atomic E-state index is 12.6. The standard InChI is InChI=1S/C13H13NO3S2/c1-10-9-14(11-5-2-3-6-12(11)17-10)19(15,16)13-7-4-8-18-13/h2-8,10H,9H2,1H3. The molecule has 4 nitrogen and oxygen atoms in total. The fourth-order valence-electron chi connectivity index (χ4n) is 2.10. The molecule has 0 saturated carbocycles. The van der Waals surface area contributed by atoms with Crippen molar-refractivity contribution in [2.24, 2.45) is 0 Å². The number of hydrogen-bond donors (Lipinski definition) is 0. The average Bonchev–Trinajstić information content (AvgIpc) is 2.92. The maximum absolute atomic E-state index is 12.6. The highest BCUT2D eigenvalue weighted by atomic mass is 32.2. The van der Waals surface area contributed by atoms with Gasteiger partial charge in [0.15, 0.2) is 0 Å². The normalized spacial score (nSPS) is 18.8. The van der Waals surface area contributed by atoms with Crippen molar-refractivity contribution in [1.29, 1.82) is 0 Å². The number of rotatable bonds is 2. The highest BCUT2D eigenvalue weighted by Gasteiger charge is 2.33. The topological polar surface area (TPSA) is 46.6 Å². The van der Waals surface area contributed by atoms with Crippen LogP contribution in [0.15, 0.2) is 46.0 Å². The lowest BCUT2D eigenvalue weighted by molar-refractivity contribution is 0.219. The van der Waals surface area contributed by atoms with Gasteiger partial charge in [-0.3, -0.25) is 4.31 Å². The van der Waals surface area contributed by atoms with Crippen LogP contribution in [0, 0.1) is 0 Å². The first-order valence-electron chi connectivity index (χ1n) is 5.91. The van der Waals surface area contributed by atoms with Crippen molar-refractivity contribution < 1.29 is 13.2 Å². The van der Waals surface area contributed by atoms with E-state index in [0.717, 1.165) is 0 Å². The molecule has 2 heterocycles. The van der Waals surface area contributed by atoms with Gasteiger partial charge in [-0.25, -0.2) is 8.42 Å². The van der Waals surface area contributed by atoms with E-state index in [1.54, 1.807) is 29.6 Å². The van der Waals surface area contributed by atoms with Gasteiger partial charge in [0, 0.05) is 0 Å². The van der Waals surface area contributed by atoms with E-state index < -0.39 is 10.0 Å². The number of nitrogens with zero attached hydrogens (tertiary/aromatic N) is 1. The van der Waals surface area contributed by atoms with Gasteiger partial charge in [0.1, 0.15) is 16.1 Å². The number of benzene rings is 1. The molecule has 0 saturated heterocycles. The largest absolute Gasteiger partial charge is 0.487 e. The number of sulfonamides is 1. The highest BCUT2D eigenvalue weighted by Crippen LogP contribution is 2.37. The summed E-state index contributed by atoms with van der Waals surface area (Å²) >= 11 is 1.23. The number of fused-ring (bicyclic) bond motifs is 1. The van der Waals surface area contributed by atoms with Gasteiger partial charge in [-0.15, -0.1) is 11.3 Å². The van der Waals surface area contributed by atoms with E-state index in [2.05, 4.69) is 0 Å². The van der Waals surface area contributed by atoms with Gasteiger partial charge in [-0.1, -0.05) is 18.2 Å². The van der Waals surface area contributed by atoms with Crippen molar-refractivity contribution in [2.75, 3.05) is 10.8 Å². The summed E-state index contributed by atoms with van der Waals surface area (Å²) in [5, 5.41) is 1.77.